The lowest BCUT2D eigenvalue weighted by Gasteiger charge is -2.25. The monoisotopic (exact) mass is 319 g/mol. The fourth-order valence-electron chi connectivity index (χ4n) is 2.76. The summed E-state index contributed by atoms with van der Waals surface area (Å²) in [5.41, 5.74) is 4.13. The molecule has 2 aromatic carbocycles. The summed E-state index contributed by atoms with van der Waals surface area (Å²) in [6.07, 6.45) is 2.12. The molecule has 4 heteroatoms. The van der Waals surface area contributed by atoms with E-state index in [0.717, 1.165) is 29.8 Å². The van der Waals surface area contributed by atoms with Gasteiger partial charge in [0.15, 0.2) is 0 Å². The van der Waals surface area contributed by atoms with E-state index in [-0.39, 0.29) is 5.91 Å². The number of nitrogens with zero attached hydrogens (tertiary/aromatic N) is 1. The average molecular weight is 320 g/mol. The Kier molecular flexibility index (Phi) is 4.18. The SMILES string of the molecule is O=C(CCCl)N1c2ccccc2CCc2ccc(Cl)cc21. The van der Waals surface area contributed by atoms with Gasteiger partial charge in [-0.1, -0.05) is 35.9 Å². The molecule has 0 aliphatic carbocycles. The van der Waals surface area contributed by atoms with Crippen LogP contribution in [0.2, 0.25) is 5.02 Å². The molecule has 21 heavy (non-hydrogen) atoms. The van der Waals surface area contributed by atoms with Crippen LogP contribution in [0.25, 0.3) is 0 Å². The molecule has 0 aromatic heterocycles. The predicted molar refractivity (Wildman–Crippen MR) is 87.8 cm³/mol. The molecule has 0 radical (unpaired) electrons. The van der Waals surface area contributed by atoms with Crippen molar-refractivity contribution in [3.8, 4) is 0 Å². The number of alkyl halides is 1. The third kappa shape index (κ3) is 2.78. The van der Waals surface area contributed by atoms with Crippen LogP contribution in [0.4, 0.5) is 11.4 Å². The molecule has 0 bridgehead atoms. The normalized spacial score (nSPS) is 13.3. The van der Waals surface area contributed by atoms with E-state index in [1.165, 1.54) is 5.56 Å². The predicted octanol–water partition coefficient (Wildman–Crippen LogP) is 4.73. The van der Waals surface area contributed by atoms with Gasteiger partial charge in [0.2, 0.25) is 5.91 Å². The quantitative estimate of drug-likeness (QED) is 0.732. The van der Waals surface area contributed by atoms with Crippen LogP contribution in [0, 0.1) is 0 Å². The summed E-state index contributed by atoms with van der Waals surface area (Å²) in [6, 6.07) is 13.8. The number of amides is 1. The molecule has 0 N–H and O–H groups in total. The summed E-state index contributed by atoms with van der Waals surface area (Å²) in [6.45, 7) is 0. The summed E-state index contributed by atoms with van der Waals surface area (Å²) >= 11 is 11.9. The molecule has 0 spiro atoms. The molecule has 0 atom stereocenters. The number of aryl methyl sites for hydroxylation is 2. The van der Waals surface area contributed by atoms with Crippen LogP contribution >= 0.6 is 23.2 Å². The summed E-state index contributed by atoms with van der Waals surface area (Å²) in [4.78, 5) is 14.4. The van der Waals surface area contributed by atoms with Crippen molar-refractivity contribution >= 4 is 40.5 Å². The number of carbonyl (C=O) groups is 1. The maximum Gasteiger partial charge on any atom is 0.232 e. The van der Waals surface area contributed by atoms with Crippen LogP contribution in [-0.4, -0.2) is 11.8 Å². The molecule has 3 rings (SSSR count). The van der Waals surface area contributed by atoms with E-state index in [4.69, 9.17) is 23.2 Å². The first-order valence-corrected chi connectivity index (χ1v) is 7.87. The lowest BCUT2D eigenvalue weighted by molar-refractivity contribution is -0.117. The van der Waals surface area contributed by atoms with Crippen LogP contribution in [0.1, 0.15) is 17.5 Å². The Morgan fingerprint density at radius 1 is 1.05 bits per heavy atom. The van der Waals surface area contributed by atoms with Crippen LogP contribution in [-0.2, 0) is 17.6 Å². The molecule has 1 amide bonds. The lowest BCUT2D eigenvalue weighted by atomic mass is 10.0. The average Bonchev–Trinajstić information content (AvgIpc) is 2.63. The minimum absolute atomic E-state index is 0.00265. The van der Waals surface area contributed by atoms with Crippen molar-refractivity contribution < 1.29 is 4.79 Å². The van der Waals surface area contributed by atoms with Gasteiger partial charge in [-0.05, 0) is 42.2 Å². The van der Waals surface area contributed by atoms with Crippen molar-refractivity contribution in [2.24, 2.45) is 0 Å². The summed E-state index contributed by atoms with van der Waals surface area (Å²) < 4.78 is 0. The zero-order chi connectivity index (χ0) is 14.8. The topological polar surface area (TPSA) is 20.3 Å². The van der Waals surface area contributed by atoms with Gasteiger partial charge < -0.3 is 0 Å². The van der Waals surface area contributed by atoms with Gasteiger partial charge >= 0.3 is 0 Å². The molecular weight excluding hydrogens is 305 g/mol. The van der Waals surface area contributed by atoms with Crippen LogP contribution in [0.15, 0.2) is 42.5 Å². The van der Waals surface area contributed by atoms with Crippen molar-refractivity contribution in [3.63, 3.8) is 0 Å². The highest BCUT2D eigenvalue weighted by molar-refractivity contribution is 6.31. The molecule has 1 heterocycles. The van der Waals surface area contributed by atoms with Crippen molar-refractivity contribution in [1.82, 2.24) is 0 Å². The summed E-state index contributed by atoms with van der Waals surface area (Å²) in [7, 11) is 0. The van der Waals surface area contributed by atoms with Crippen molar-refractivity contribution in [3.05, 3.63) is 58.6 Å². The van der Waals surface area contributed by atoms with E-state index < -0.39 is 0 Å². The molecule has 1 aliphatic rings. The number of benzene rings is 2. The standard InChI is InChI=1S/C17H15Cl2NO/c18-10-9-17(21)20-15-4-2-1-3-12(15)5-6-13-7-8-14(19)11-16(13)20/h1-4,7-8,11H,5-6,9-10H2. The molecule has 0 saturated carbocycles. The maximum atomic E-state index is 12.6. The highest BCUT2D eigenvalue weighted by Gasteiger charge is 2.25. The second-order valence-electron chi connectivity index (χ2n) is 5.07. The lowest BCUT2D eigenvalue weighted by Crippen LogP contribution is -2.27. The largest absolute Gasteiger partial charge is 0.280 e. The van der Waals surface area contributed by atoms with Gasteiger partial charge in [-0.3, -0.25) is 9.69 Å². The Labute approximate surface area is 134 Å². The van der Waals surface area contributed by atoms with Gasteiger partial charge in [-0.2, -0.15) is 0 Å². The van der Waals surface area contributed by atoms with Crippen LogP contribution in [0.3, 0.4) is 0 Å². The Morgan fingerprint density at radius 2 is 1.76 bits per heavy atom. The van der Waals surface area contributed by atoms with Gasteiger partial charge in [0, 0.05) is 17.3 Å². The van der Waals surface area contributed by atoms with E-state index in [1.54, 1.807) is 4.90 Å². The molecule has 2 nitrogen and oxygen atoms in total. The number of para-hydroxylation sites is 1. The molecule has 108 valence electrons. The fraction of sp³-hybridized carbons (Fsp3) is 0.235. The highest BCUT2D eigenvalue weighted by atomic mass is 35.5. The van der Waals surface area contributed by atoms with Gasteiger partial charge in [0.25, 0.3) is 0 Å². The Hall–Kier alpha value is -1.51. The van der Waals surface area contributed by atoms with Gasteiger partial charge in [0.05, 0.1) is 11.4 Å². The number of hydrogen-bond acceptors (Lipinski definition) is 1. The van der Waals surface area contributed by atoms with Crippen molar-refractivity contribution in [2.45, 2.75) is 19.3 Å². The molecule has 0 unspecified atom stereocenters. The number of halogens is 2. The second-order valence-corrected chi connectivity index (χ2v) is 5.88. The summed E-state index contributed by atoms with van der Waals surface area (Å²) in [5.74, 6) is 0.316. The highest BCUT2D eigenvalue weighted by Crippen LogP contribution is 2.37. The van der Waals surface area contributed by atoms with Gasteiger partial charge in [-0.15, -0.1) is 11.6 Å². The third-order valence-corrected chi connectivity index (χ3v) is 4.17. The van der Waals surface area contributed by atoms with E-state index in [2.05, 4.69) is 6.07 Å². The number of anilines is 2. The van der Waals surface area contributed by atoms with E-state index >= 15 is 0 Å². The molecule has 0 fully saturated rings. The van der Waals surface area contributed by atoms with Crippen LogP contribution < -0.4 is 4.90 Å². The van der Waals surface area contributed by atoms with Gasteiger partial charge in [0.1, 0.15) is 0 Å². The smallest absolute Gasteiger partial charge is 0.232 e. The number of hydrogen-bond donors (Lipinski definition) is 0. The van der Waals surface area contributed by atoms with E-state index in [1.807, 2.05) is 36.4 Å². The Balaban J connectivity index is 2.19. The van der Waals surface area contributed by atoms with E-state index in [0.29, 0.717) is 17.3 Å². The van der Waals surface area contributed by atoms with Gasteiger partial charge in [-0.25, -0.2) is 0 Å². The third-order valence-electron chi connectivity index (χ3n) is 3.74. The Morgan fingerprint density at radius 3 is 2.52 bits per heavy atom. The minimum Gasteiger partial charge on any atom is -0.280 e. The first-order chi connectivity index (χ1) is 10.2. The molecule has 1 aliphatic heterocycles. The fourth-order valence-corrected chi connectivity index (χ4v) is 3.09. The first-order valence-electron chi connectivity index (χ1n) is 6.96. The minimum atomic E-state index is 0.00265. The van der Waals surface area contributed by atoms with Crippen LogP contribution in [0.5, 0.6) is 0 Å². The first kappa shape index (κ1) is 14.4. The zero-order valence-electron chi connectivity index (χ0n) is 11.5. The number of rotatable bonds is 2. The second kappa shape index (κ2) is 6.08. The number of fused-ring (bicyclic) bond motifs is 2. The molecule has 2 aromatic rings. The maximum absolute atomic E-state index is 12.6. The molecular formula is C17H15Cl2NO. The summed E-state index contributed by atoms with van der Waals surface area (Å²) in [5, 5.41) is 0.636. The van der Waals surface area contributed by atoms with E-state index in [9.17, 15) is 4.79 Å². The van der Waals surface area contributed by atoms with Crippen molar-refractivity contribution in [2.75, 3.05) is 10.8 Å². The Bertz CT molecular complexity index is 684. The van der Waals surface area contributed by atoms with Crippen molar-refractivity contribution in [1.29, 1.82) is 0 Å². The zero-order valence-corrected chi connectivity index (χ0v) is 13.0. The molecule has 0 saturated heterocycles. The number of carbonyl (C=O) groups excluding carboxylic acids is 1.